The van der Waals surface area contributed by atoms with Gasteiger partial charge in [0.25, 0.3) is 0 Å². The summed E-state index contributed by atoms with van der Waals surface area (Å²) >= 11 is 6.15. The lowest BCUT2D eigenvalue weighted by Crippen LogP contribution is -2.39. The number of anilines is 2. The molecule has 0 saturated carbocycles. The summed E-state index contributed by atoms with van der Waals surface area (Å²) in [6.07, 6.45) is 1.61. The number of carbonyl (C=O) groups is 2. The maximum Gasteiger partial charge on any atom is 0.244 e. The summed E-state index contributed by atoms with van der Waals surface area (Å²) in [5, 5.41) is 3.34. The molecular formula is C24H21ClN4O3. The molecule has 1 aliphatic rings. The summed E-state index contributed by atoms with van der Waals surface area (Å²) in [6.45, 7) is 1.69. The fraction of sp³-hybridized carbons (Fsp3) is 0.167. The van der Waals surface area contributed by atoms with Crippen molar-refractivity contribution in [2.45, 2.75) is 13.3 Å². The second-order valence-corrected chi connectivity index (χ2v) is 7.71. The highest BCUT2D eigenvalue weighted by Gasteiger charge is 2.27. The number of pyridine rings is 1. The number of nitrogens with zero attached hydrogens (tertiary/aromatic N) is 3. The van der Waals surface area contributed by atoms with E-state index in [0.717, 1.165) is 11.1 Å². The van der Waals surface area contributed by atoms with Gasteiger partial charge in [-0.1, -0.05) is 17.7 Å². The number of fused-ring (bicyclic) bond motifs is 1. The van der Waals surface area contributed by atoms with E-state index in [0.29, 0.717) is 33.7 Å². The van der Waals surface area contributed by atoms with Crippen LogP contribution in [0.5, 0.6) is 5.75 Å². The lowest BCUT2D eigenvalue weighted by atomic mass is 10.1. The first kappa shape index (κ1) is 21.5. The summed E-state index contributed by atoms with van der Waals surface area (Å²) in [4.78, 5) is 36.3. The summed E-state index contributed by atoms with van der Waals surface area (Å²) in [5.41, 5.74) is 3.39. The third kappa shape index (κ3) is 4.63. The van der Waals surface area contributed by atoms with Crippen molar-refractivity contribution in [3.05, 3.63) is 76.9 Å². The van der Waals surface area contributed by atoms with Crippen molar-refractivity contribution in [1.29, 1.82) is 0 Å². The van der Waals surface area contributed by atoms with Crippen molar-refractivity contribution >= 4 is 46.3 Å². The number of carbonyl (C=O) groups excluding carboxylic acids is 2. The van der Waals surface area contributed by atoms with Crippen LogP contribution in [0.3, 0.4) is 0 Å². The number of aryl methyl sites for hydroxylation is 1. The van der Waals surface area contributed by atoms with E-state index < -0.39 is 0 Å². The Morgan fingerprint density at radius 3 is 2.69 bits per heavy atom. The van der Waals surface area contributed by atoms with E-state index in [9.17, 15) is 9.59 Å². The SMILES string of the molecule is COc1ccc(C2=Nc3cccnc3N(CC(=O)Nc3ccc(C)c(Cl)c3)C(=O)C2)cc1. The van der Waals surface area contributed by atoms with Crippen molar-refractivity contribution < 1.29 is 14.3 Å². The molecule has 1 aromatic heterocycles. The third-order valence-electron chi connectivity index (χ3n) is 5.08. The summed E-state index contributed by atoms with van der Waals surface area (Å²) < 4.78 is 5.20. The number of ether oxygens (including phenoxy) is 1. The summed E-state index contributed by atoms with van der Waals surface area (Å²) in [6, 6.07) is 16.1. The topological polar surface area (TPSA) is 83.9 Å². The highest BCUT2D eigenvalue weighted by atomic mass is 35.5. The lowest BCUT2D eigenvalue weighted by Gasteiger charge is -2.20. The third-order valence-corrected chi connectivity index (χ3v) is 5.48. The van der Waals surface area contributed by atoms with Crippen molar-refractivity contribution in [2.75, 3.05) is 23.9 Å². The van der Waals surface area contributed by atoms with Gasteiger partial charge in [-0.15, -0.1) is 0 Å². The number of nitrogens with one attached hydrogen (secondary N) is 1. The monoisotopic (exact) mass is 448 g/mol. The van der Waals surface area contributed by atoms with Gasteiger partial charge in [0.2, 0.25) is 11.8 Å². The normalized spacial score (nSPS) is 13.2. The minimum absolute atomic E-state index is 0.0341. The zero-order valence-electron chi connectivity index (χ0n) is 17.6. The Morgan fingerprint density at radius 2 is 1.97 bits per heavy atom. The summed E-state index contributed by atoms with van der Waals surface area (Å²) in [5.74, 6) is 0.431. The Bertz CT molecular complexity index is 1210. The molecule has 2 aromatic carbocycles. The molecule has 162 valence electrons. The van der Waals surface area contributed by atoms with Gasteiger partial charge in [0.15, 0.2) is 5.82 Å². The molecule has 3 aromatic rings. The van der Waals surface area contributed by atoms with Crippen molar-refractivity contribution in [3.63, 3.8) is 0 Å². The Morgan fingerprint density at radius 1 is 1.19 bits per heavy atom. The smallest absolute Gasteiger partial charge is 0.244 e. The molecule has 0 fully saturated rings. The van der Waals surface area contributed by atoms with E-state index in [1.165, 1.54) is 4.90 Å². The van der Waals surface area contributed by atoms with E-state index in [1.807, 2.05) is 37.3 Å². The van der Waals surface area contributed by atoms with Crippen LogP contribution in [0.4, 0.5) is 17.2 Å². The van der Waals surface area contributed by atoms with Gasteiger partial charge in [0, 0.05) is 16.9 Å². The maximum absolute atomic E-state index is 13.1. The average molecular weight is 449 g/mol. The van der Waals surface area contributed by atoms with Gasteiger partial charge >= 0.3 is 0 Å². The first-order valence-corrected chi connectivity index (χ1v) is 10.4. The largest absolute Gasteiger partial charge is 0.497 e. The van der Waals surface area contributed by atoms with Crippen molar-refractivity contribution in [2.24, 2.45) is 4.99 Å². The van der Waals surface area contributed by atoms with E-state index >= 15 is 0 Å². The molecule has 0 atom stereocenters. The molecule has 0 saturated heterocycles. The molecule has 2 heterocycles. The Hall–Kier alpha value is -3.71. The van der Waals surface area contributed by atoms with Crippen LogP contribution in [0.25, 0.3) is 0 Å². The van der Waals surface area contributed by atoms with Crippen LogP contribution in [-0.2, 0) is 9.59 Å². The molecule has 1 N–H and O–H groups in total. The molecule has 0 bridgehead atoms. The zero-order valence-corrected chi connectivity index (χ0v) is 18.4. The second-order valence-electron chi connectivity index (χ2n) is 7.30. The predicted molar refractivity (Wildman–Crippen MR) is 125 cm³/mol. The van der Waals surface area contributed by atoms with E-state index in [-0.39, 0.29) is 24.8 Å². The zero-order chi connectivity index (χ0) is 22.7. The second kappa shape index (κ2) is 9.20. The van der Waals surface area contributed by atoms with Crippen molar-refractivity contribution in [1.82, 2.24) is 4.98 Å². The first-order valence-electron chi connectivity index (χ1n) is 9.98. The number of aliphatic imine (C=N–C) groups is 1. The van der Waals surface area contributed by atoms with Crippen LogP contribution in [0.1, 0.15) is 17.5 Å². The number of aromatic nitrogens is 1. The molecule has 4 rings (SSSR count). The van der Waals surface area contributed by atoms with Gasteiger partial charge in [0.1, 0.15) is 18.0 Å². The maximum atomic E-state index is 13.1. The molecule has 8 heteroatoms. The number of rotatable bonds is 5. The van der Waals surface area contributed by atoms with Crippen LogP contribution >= 0.6 is 11.6 Å². The van der Waals surface area contributed by atoms with Gasteiger partial charge in [-0.2, -0.15) is 0 Å². The van der Waals surface area contributed by atoms with Crippen LogP contribution in [0.2, 0.25) is 5.02 Å². The fourth-order valence-electron chi connectivity index (χ4n) is 3.35. The lowest BCUT2D eigenvalue weighted by molar-refractivity contribution is -0.120. The molecular weight excluding hydrogens is 428 g/mol. The number of methoxy groups -OCH3 is 1. The average Bonchev–Trinajstić information content (AvgIpc) is 2.93. The number of halogens is 1. The van der Waals surface area contributed by atoms with Crippen molar-refractivity contribution in [3.8, 4) is 5.75 Å². The molecule has 0 unspecified atom stereocenters. The quantitative estimate of drug-likeness (QED) is 0.620. The van der Waals surface area contributed by atoms with E-state index in [2.05, 4.69) is 15.3 Å². The van der Waals surface area contributed by atoms with Gasteiger partial charge in [0.05, 0.1) is 19.2 Å². The number of benzene rings is 2. The van der Waals surface area contributed by atoms with Crippen LogP contribution < -0.4 is 15.0 Å². The molecule has 2 amide bonds. The van der Waals surface area contributed by atoms with E-state index in [4.69, 9.17) is 16.3 Å². The van der Waals surface area contributed by atoms with E-state index in [1.54, 1.807) is 37.6 Å². The van der Waals surface area contributed by atoms with Crippen LogP contribution in [0.15, 0.2) is 65.8 Å². The minimum atomic E-state index is -0.359. The van der Waals surface area contributed by atoms with Gasteiger partial charge < -0.3 is 10.1 Å². The standard InChI is InChI=1S/C24H21ClN4O3/c1-15-5-8-17(12-19(15)25)27-22(30)14-29-23(31)13-21(16-6-9-18(32-2)10-7-16)28-20-4-3-11-26-24(20)29/h3-12H,13-14H2,1-2H3,(H,27,30). The summed E-state index contributed by atoms with van der Waals surface area (Å²) in [7, 11) is 1.59. The number of amides is 2. The van der Waals surface area contributed by atoms with Crippen LogP contribution in [-0.4, -0.2) is 36.2 Å². The Labute approximate surface area is 190 Å². The molecule has 1 aliphatic heterocycles. The number of hydrogen-bond donors (Lipinski definition) is 1. The minimum Gasteiger partial charge on any atom is -0.497 e. The highest BCUT2D eigenvalue weighted by Crippen LogP contribution is 2.31. The molecule has 32 heavy (non-hydrogen) atoms. The van der Waals surface area contributed by atoms with Gasteiger partial charge in [-0.25, -0.2) is 9.98 Å². The highest BCUT2D eigenvalue weighted by molar-refractivity contribution is 6.31. The molecule has 0 radical (unpaired) electrons. The molecule has 7 nitrogen and oxygen atoms in total. The van der Waals surface area contributed by atoms with Crippen LogP contribution in [0, 0.1) is 6.92 Å². The van der Waals surface area contributed by atoms with Gasteiger partial charge in [-0.05, 0) is 66.6 Å². The predicted octanol–water partition coefficient (Wildman–Crippen LogP) is 4.55. The Kier molecular flexibility index (Phi) is 6.18. The number of hydrogen-bond acceptors (Lipinski definition) is 5. The molecule has 0 spiro atoms. The molecule has 0 aliphatic carbocycles. The van der Waals surface area contributed by atoms with Gasteiger partial charge in [-0.3, -0.25) is 14.5 Å². The fourth-order valence-corrected chi connectivity index (χ4v) is 3.53. The first-order chi connectivity index (χ1) is 15.4. The Balaban J connectivity index is 1.59.